The summed E-state index contributed by atoms with van der Waals surface area (Å²) in [6.45, 7) is 6.77. The van der Waals surface area contributed by atoms with Gasteiger partial charge in [0, 0.05) is 25.2 Å². The Labute approximate surface area is 156 Å². The maximum Gasteiger partial charge on any atom is 0.251 e. The minimum atomic E-state index is -3.25. The average Bonchev–Trinajstić information content (AvgIpc) is 3.02. The third-order valence-corrected chi connectivity index (χ3v) is 6.45. The maximum atomic E-state index is 12.4. The number of nitrogens with one attached hydrogen (secondary N) is 1. The van der Waals surface area contributed by atoms with Crippen LogP contribution in [0.3, 0.4) is 0 Å². The molecule has 144 valence electrons. The molecule has 0 aliphatic carbocycles. The van der Waals surface area contributed by atoms with Crippen LogP contribution < -0.4 is 9.62 Å². The summed E-state index contributed by atoms with van der Waals surface area (Å²) < 4.78 is 25.0. The highest BCUT2D eigenvalue weighted by molar-refractivity contribution is 7.92. The van der Waals surface area contributed by atoms with Gasteiger partial charge in [-0.3, -0.25) is 9.10 Å². The largest absolute Gasteiger partial charge is 0.352 e. The second kappa shape index (κ2) is 7.96. The van der Waals surface area contributed by atoms with E-state index in [9.17, 15) is 13.2 Å². The topological polar surface area (TPSA) is 69.7 Å². The standard InChI is InChI=1S/C19H29N3O3S/c1-15-5-3-10-21(14-15)11-4-9-20-19(23)17-6-7-18-16(13-17)8-12-22(18)26(2,24)25/h6-7,13,15H,3-5,8-12,14H2,1-2H3,(H,20,23)/t15-/m0/s1. The highest BCUT2D eigenvalue weighted by Gasteiger charge is 2.26. The fraction of sp³-hybridized carbons (Fsp3) is 0.632. The van der Waals surface area contributed by atoms with E-state index < -0.39 is 10.0 Å². The van der Waals surface area contributed by atoms with E-state index in [2.05, 4.69) is 17.1 Å². The highest BCUT2D eigenvalue weighted by atomic mass is 32.2. The molecule has 1 N–H and O–H groups in total. The molecule has 1 aromatic carbocycles. The van der Waals surface area contributed by atoms with E-state index >= 15 is 0 Å². The molecule has 26 heavy (non-hydrogen) atoms. The van der Waals surface area contributed by atoms with Gasteiger partial charge in [0.1, 0.15) is 0 Å². The Hall–Kier alpha value is -1.60. The zero-order valence-corrected chi connectivity index (χ0v) is 16.5. The van der Waals surface area contributed by atoms with Crippen LogP contribution in [-0.2, 0) is 16.4 Å². The van der Waals surface area contributed by atoms with Crippen LogP contribution in [-0.4, -0.2) is 58.2 Å². The molecule has 2 aliphatic rings. The molecule has 1 atom stereocenters. The SMILES string of the molecule is C[C@H]1CCCN(CCCNC(=O)c2ccc3c(c2)CCN3S(C)(=O)=O)C1. The lowest BCUT2D eigenvalue weighted by atomic mass is 10.0. The number of hydrogen-bond donors (Lipinski definition) is 1. The Morgan fingerprint density at radius 1 is 1.31 bits per heavy atom. The quantitative estimate of drug-likeness (QED) is 0.766. The van der Waals surface area contributed by atoms with E-state index in [1.807, 2.05) is 6.07 Å². The number of anilines is 1. The highest BCUT2D eigenvalue weighted by Crippen LogP contribution is 2.30. The van der Waals surface area contributed by atoms with Crippen LogP contribution in [0, 0.1) is 5.92 Å². The van der Waals surface area contributed by atoms with Crippen molar-refractivity contribution >= 4 is 21.6 Å². The molecule has 0 saturated carbocycles. The van der Waals surface area contributed by atoms with Gasteiger partial charge in [0.05, 0.1) is 11.9 Å². The van der Waals surface area contributed by atoms with Crippen LogP contribution in [0.2, 0.25) is 0 Å². The zero-order valence-electron chi connectivity index (χ0n) is 15.7. The Bertz CT molecular complexity index is 763. The van der Waals surface area contributed by atoms with Crippen LogP contribution in [0.4, 0.5) is 5.69 Å². The predicted octanol–water partition coefficient (Wildman–Crippen LogP) is 1.86. The lowest BCUT2D eigenvalue weighted by Gasteiger charge is -2.30. The van der Waals surface area contributed by atoms with Gasteiger partial charge in [-0.25, -0.2) is 8.42 Å². The number of amides is 1. The van der Waals surface area contributed by atoms with Gasteiger partial charge in [-0.2, -0.15) is 0 Å². The van der Waals surface area contributed by atoms with Gasteiger partial charge < -0.3 is 10.2 Å². The van der Waals surface area contributed by atoms with Crippen molar-refractivity contribution in [2.75, 3.05) is 43.3 Å². The van der Waals surface area contributed by atoms with Gasteiger partial charge in [0.15, 0.2) is 0 Å². The molecule has 0 bridgehead atoms. The number of benzene rings is 1. The molecule has 0 unspecified atom stereocenters. The summed E-state index contributed by atoms with van der Waals surface area (Å²) in [6.07, 6.45) is 5.41. The van der Waals surface area contributed by atoms with E-state index in [1.54, 1.807) is 12.1 Å². The van der Waals surface area contributed by atoms with E-state index in [4.69, 9.17) is 0 Å². The van der Waals surface area contributed by atoms with Crippen molar-refractivity contribution < 1.29 is 13.2 Å². The van der Waals surface area contributed by atoms with Crippen molar-refractivity contribution in [2.24, 2.45) is 5.92 Å². The molecule has 0 radical (unpaired) electrons. The third-order valence-electron chi connectivity index (χ3n) is 5.27. The van der Waals surface area contributed by atoms with Gasteiger partial charge in [-0.15, -0.1) is 0 Å². The number of nitrogens with zero attached hydrogens (tertiary/aromatic N) is 2. The normalized spacial score (nSPS) is 20.8. The lowest BCUT2D eigenvalue weighted by Crippen LogP contribution is -2.36. The first-order valence-electron chi connectivity index (χ1n) is 9.46. The van der Waals surface area contributed by atoms with Crippen molar-refractivity contribution in [1.82, 2.24) is 10.2 Å². The first kappa shape index (κ1) is 19.2. The summed E-state index contributed by atoms with van der Waals surface area (Å²) in [5.74, 6) is 0.689. The minimum absolute atomic E-state index is 0.0855. The Morgan fingerprint density at radius 3 is 2.85 bits per heavy atom. The smallest absolute Gasteiger partial charge is 0.251 e. The Kier molecular flexibility index (Phi) is 5.87. The summed E-state index contributed by atoms with van der Waals surface area (Å²) in [5.41, 5.74) is 2.22. The Morgan fingerprint density at radius 2 is 2.12 bits per heavy atom. The molecule has 0 spiro atoms. The van der Waals surface area contributed by atoms with Gasteiger partial charge in [-0.1, -0.05) is 6.92 Å². The first-order valence-corrected chi connectivity index (χ1v) is 11.3. The minimum Gasteiger partial charge on any atom is -0.352 e. The number of carbonyl (C=O) groups is 1. The number of carbonyl (C=O) groups excluding carboxylic acids is 1. The number of fused-ring (bicyclic) bond motifs is 1. The van der Waals surface area contributed by atoms with E-state index in [1.165, 1.54) is 29.9 Å². The number of rotatable bonds is 6. The molecule has 1 saturated heterocycles. The monoisotopic (exact) mass is 379 g/mol. The molecule has 1 amide bonds. The van der Waals surface area contributed by atoms with Gasteiger partial charge >= 0.3 is 0 Å². The molecule has 1 aromatic rings. The number of sulfonamides is 1. The predicted molar refractivity (Wildman–Crippen MR) is 104 cm³/mol. The number of piperidine rings is 1. The van der Waals surface area contributed by atoms with Crippen LogP contribution in [0.1, 0.15) is 42.1 Å². The van der Waals surface area contributed by atoms with Crippen LogP contribution in [0.25, 0.3) is 0 Å². The third kappa shape index (κ3) is 4.57. The van der Waals surface area contributed by atoms with Gasteiger partial charge in [0.2, 0.25) is 10.0 Å². The van der Waals surface area contributed by atoms with E-state index in [-0.39, 0.29) is 5.91 Å². The molecule has 6 nitrogen and oxygen atoms in total. The van der Waals surface area contributed by atoms with Crippen molar-refractivity contribution in [3.05, 3.63) is 29.3 Å². The summed E-state index contributed by atoms with van der Waals surface area (Å²) >= 11 is 0. The first-order chi connectivity index (χ1) is 12.3. The Balaban J connectivity index is 1.50. The second-order valence-electron chi connectivity index (χ2n) is 7.59. The van der Waals surface area contributed by atoms with Crippen molar-refractivity contribution in [1.29, 1.82) is 0 Å². The summed E-state index contributed by atoms with van der Waals surface area (Å²) in [6, 6.07) is 5.28. The molecule has 2 aliphatic heterocycles. The molecule has 2 heterocycles. The fourth-order valence-corrected chi connectivity index (χ4v) is 4.91. The summed E-state index contributed by atoms with van der Waals surface area (Å²) in [4.78, 5) is 14.9. The summed E-state index contributed by atoms with van der Waals surface area (Å²) in [5, 5.41) is 2.98. The van der Waals surface area contributed by atoms with Crippen molar-refractivity contribution in [2.45, 2.75) is 32.6 Å². The average molecular weight is 380 g/mol. The maximum absolute atomic E-state index is 12.4. The van der Waals surface area contributed by atoms with Crippen molar-refractivity contribution in [3.8, 4) is 0 Å². The van der Waals surface area contributed by atoms with Crippen LogP contribution in [0.15, 0.2) is 18.2 Å². The summed E-state index contributed by atoms with van der Waals surface area (Å²) in [7, 11) is -3.25. The van der Waals surface area contributed by atoms with Crippen LogP contribution in [0.5, 0.6) is 0 Å². The number of hydrogen-bond acceptors (Lipinski definition) is 4. The molecule has 7 heteroatoms. The molecular weight excluding hydrogens is 350 g/mol. The molecule has 0 aromatic heterocycles. The van der Waals surface area contributed by atoms with E-state index in [0.29, 0.717) is 30.8 Å². The molecule has 1 fully saturated rings. The number of likely N-dealkylation sites (tertiary alicyclic amines) is 1. The molecule has 3 rings (SSSR count). The fourth-order valence-electron chi connectivity index (χ4n) is 3.95. The van der Waals surface area contributed by atoms with E-state index in [0.717, 1.165) is 31.0 Å². The van der Waals surface area contributed by atoms with Gasteiger partial charge in [-0.05, 0) is 68.5 Å². The zero-order chi connectivity index (χ0) is 18.7. The lowest BCUT2D eigenvalue weighted by molar-refractivity contribution is 0.0950. The van der Waals surface area contributed by atoms with Crippen LogP contribution >= 0.6 is 0 Å². The van der Waals surface area contributed by atoms with Crippen molar-refractivity contribution in [3.63, 3.8) is 0 Å². The molecular formula is C19H29N3O3S. The van der Waals surface area contributed by atoms with Gasteiger partial charge in [0.25, 0.3) is 5.91 Å². The second-order valence-corrected chi connectivity index (χ2v) is 9.49.